The van der Waals surface area contributed by atoms with Crippen molar-refractivity contribution in [2.45, 2.75) is 45.1 Å². The molecule has 42 heavy (non-hydrogen) atoms. The van der Waals surface area contributed by atoms with Gasteiger partial charge in [-0.25, -0.2) is 4.98 Å². The largest absolute Gasteiger partial charge is 0.494 e. The second-order valence-corrected chi connectivity index (χ2v) is 10.6. The maximum Gasteiger partial charge on any atom is 0.265 e. The normalized spacial score (nSPS) is 15.8. The van der Waals surface area contributed by atoms with E-state index in [1.54, 1.807) is 29.9 Å². The lowest BCUT2D eigenvalue weighted by molar-refractivity contribution is 0.0774. The fraction of sp³-hybridized carbons (Fsp3) is 0.333. The lowest BCUT2D eigenvalue weighted by atomic mass is 10.1. The minimum absolute atomic E-state index is 0.000733. The summed E-state index contributed by atoms with van der Waals surface area (Å²) in [5, 5.41) is 0.594. The van der Waals surface area contributed by atoms with Crippen LogP contribution in [0.4, 0.5) is 5.69 Å². The van der Waals surface area contributed by atoms with Gasteiger partial charge in [-0.2, -0.15) is 0 Å². The summed E-state index contributed by atoms with van der Waals surface area (Å²) in [6.07, 6.45) is 6.47. The summed E-state index contributed by atoms with van der Waals surface area (Å²) >= 11 is 0. The van der Waals surface area contributed by atoms with E-state index in [2.05, 4.69) is 9.98 Å². The van der Waals surface area contributed by atoms with Crippen LogP contribution in [0.15, 0.2) is 70.5 Å². The predicted molar refractivity (Wildman–Crippen MR) is 162 cm³/mol. The molecule has 1 amide bonds. The van der Waals surface area contributed by atoms with Crippen LogP contribution in [-0.4, -0.2) is 59.5 Å². The van der Waals surface area contributed by atoms with Crippen molar-refractivity contribution in [3.05, 3.63) is 82.4 Å². The average Bonchev–Trinajstić information content (AvgIpc) is 3.44. The predicted octanol–water partition coefficient (Wildman–Crippen LogP) is 5.65. The van der Waals surface area contributed by atoms with Gasteiger partial charge in [-0.15, -0.1) is 0 Å². The number of ether oxygens (including phenoxy) is 3. The molecule has 9 nitrogen and oxygen atoms in total. The quantitative estimate of drug-likeness (QED) is 0.230. The third-order valence-electron chi connectivity index (χ3n) is 7.81. The Hall–Kier alpha value is -4.66. The second kappa shape index (κ2) is 12.1. The highest BCUT2D eigenvalue weighted by atomic mass is 16.5. The fourth-order valence-electron chi connectivity index (χ4n) is 5.61. The third-order valence-corrected chi connectivity index (χ3v) is 7.81. The third kappa shape index (κ3) is 5.46. The first-order valence-electron chi connectivity index (χ1n) is 14.4. The standard InChI is InChI=1S/C33H34N4O5/c1-22-35-28-11-5-4-10-26(28)33(39)37(22)23-12-14-25(15-13-23)41-17-6-3-7-18-42-31-20-29-27(19-30(31)40-2)32(38)36-16-8-9-24(36)21-34-29/h4-5,10-15,19-21,24H,3,6-9,16-18H2,1-2H3/t24-/m0/s1. The number of amides is 1. The molecule has 216 valence electrons. The summed E-state index contributed by atoms with van der Waals surface area (Å²) in [6, 6.07) is 18.5. The minimum Gasteiger partial charge on any atom is -0.494 e. The van der Waals surface area contributed by atoms with E-state index in [-0.39, 0.29) is 17.5 Å². The van der Waals surface area contributed by atoms with E-state index in [4.69, 9.17) is 14.2 Å². The second-order valence-electron chi connectivity index (χ2n) is 10.6. The van der Waals surface area contributed by atoms with Crippen molar-refractivity contribution in [1.29, 1.82) is 0 Å². The van der Waals surface area contributed by atoms with E-state index in [0.29, 0.717) is 52.7 Å². The molecule has 3 aromatic carbocycles. The molecule has 1 aromatic heterocycles. The van der Waals surface area contributed by atoms with Crippen molar-refractivity contribution in [3.8, 4) is 22.9 Å². The topological polar surface area (TPSA) is 95.2 Å². The molecule has 0 N–H and O–H groups in total. The molecular formula is C33H34N4O5. The van der Waals surface area contributed by atoms with Gasteiger partial charge in [0.15, 0.2) is 11.5 Å². The van der Waals surface area contributed by atoms with Crippen LogP contribution in [0.1, 0.15) is 48.3 Å². The Kier molecular flexibility index (Phi) is 7.90. The summed E-state index contributed by atoms with van der Waals surface area (Å²) in [4.78, 5) is 37.1. The van der Waals surface area contributed by atoms with E-state index >= 15 is 0 Å². The van der Waals surface area contributed by atoms with Gasteiger partial charge in [-0.3, -0.25) is 19.1 Å². The zero-order valence-corrected chi connectivity index (χ0v) is 23.9. The SMILES string of the molecule is COc1cc2c(cc1OCCCCCOc1ccc(-n3c(C)nc4ccccc4c3=O)cc1)N=C[C@@H]1CCCN1C2=O. The number of fused-ring (bicyclic) bond motifs is 3. The van der Waals surface area contributed by atoms with E-state index in [9.17, 15) is 9.59 Å². The highest BCUT2D eigenvalue weighted by Crippen LogP contribution is 2.38. The molecule has 0 spiro atoms. The number of methoxy groups -OCH3 is 1. The number of rotatable bonds is 10. The van der Waals surface area contributed by atoms with Crippen LogP contribution < -0.4 is 19.8 Å². The van der Waals surface area contributed by atoms with Gasteiger partial charge in [0.25, 0.3) is 11.5 Å². The molecule has 0 bridgehead atoms. The number of benzene rings is 3. The first-order chi connectivity index (χ1) is 20.5. The molecule has 1 saturated heterocycles. The van der Waals surface area contributed by atoms with Gasteiger partial charge in [0.1, 0.15) is 11.6 Å². The van der Waals surface area contributed by atoms with Gasteiger partial charge in [0.05, 0.1) is 54.2 Å². The highest BCUT2D eigenvalue weighted by Gasteiger charge is 2.32. The Morgan fingerprint density at radius 1 is 0.929 bits per heavy atom. The first-order valence-corrected chi connectivity index (χ1v) is 14.4. The number of nitrogens with zero attached hydrogens (tertiary/aromatic N) is 4. The number of hydrogen-bond donors (Lipinski definition) is 0. The molecule has 0 aliphatic carbocycles. The molecule has 9 heteroatoms. The van der Waals surface area contributed by atoms with Crippen molar-refractivity contribution in [1.82, 2.24) is 14.5 Å². The van der Waals surface area contributed by atoms with Gasteiger partial charge in [-0.1, -0.05) is 12.1 Å². The first kappa shape index (κ1) is 27.5. The molecule has 1 atom stereocenters. The Morgan fingerprint density at radius 3 is 2.52 bits per heavy atom. The van der Waals surface area contributed by atoms with Crippen molar-refractivity contribution in [2.75, 3.05) is 26.9 Å². The molecule has 4 aromatic rings. The summed E-state index contributed by atoms with van der Waals surface area (Å²) in [5.41, 5.74) is 2.55. The molecule has 6 rings (SSSR count). The van der Waals surface area contributed by atoms with E-state index < -0.39 is 0 Å². The van der Waals surface area contributed by atoms with Gasteiger partial charge in [0.2, 0.25) is 0 Å². The number of carbonyl (C=O) groups is 1. The number of hydrogen-bond acceptors (Lipinski definition) is 7. The Morgan fingerprint density at radius 2 is 1.71 bits per heavy atom. The Labute approximate surface area is 244 Å². The lowest BCUT2D eigenvalue weighted by Crippen LogP contribution is -2.35. The van der Waals surface area contributed by atoms with Crippen LogP contribution in [0.5, 0.6) is 17.2 Å². The highest BCUT2D eigenvalue weighted by molar-refractivity contribution is 6.03. The van der Waals surface area contributed by atoms with Crippen LogP contribution in [-0.2, 0) is 0 Å². The summed E-state index contributed by atoms with van der Waals surface area (Å²) in [7, 11) is 1.58. The summed E-state index contributed by atoms with van der Waals surface area (Å²) in [6.45, 7) is 3.69. The molecule has 2 aliphatic rings. The average molecular weight is 567 g/mol. The molecular weight excluding hydrogens is 532 g/mol. The maximum absolute atomic E-state index is 13.0. The fourth-order valence-corrected chi connectivity index (χ4v) is 5.61. The van der Waals surface area contributed by atoms with E-state index in [1.165, 1.54) is 0 Å². The minimum atomic E-state index is -0.0842. The molecule has 0 radical (unpaired) electrons. The van der Waals surface area contributed by atoms with Crippen molar-refractivity contribution >= 4 is 28.7 Å². The molecule has 0 saturated carbocycles. The smallest absolute Gasteiger partial charge is 0.265 e. The van der Waals surface area contributed by atoms with Crippen molar-refractivity contribution in [3.63, 3.8) is 0 Å². The van der Waals surface area contributed by atoms with Gasteiger partial charge >= 0.3 is 0 Å². The zero-order chi connectivity index (χ0) is 29.1. The van der Waals surface area contributed by atoms with Gasteiger partial charge < -0.3 is 19.1 Å². The maximum atomic E-state index is 13.0. The van der Waals surface area contributed by atoms with Crippen molar-refractivity contribution in [2.24, 2.45) is 4.99 Å². The molecule has 3 heterocycles. The van der Waals surface area contributed by atoms with Crippen LogP contribution in [0.3, 0.4) is 0 Å². The number of aromatic nitrogens is 2. The molecule has 1 fully saturated rings. The van der Waals surface area contributed by atoms with E-state index in [1.807, 2.05) is 60.5 Å². The summed E-state index contributed by atoms with van der Waals surface area (Å²) in [5.74, 6) is 2.52. The Balaban J connectivity index is 0.989. The number of para-hydroxylation sites is 1. The van der Waals surface area contributed by atoms with Crippen molar-refractivity contribution < 1.29 is 19.0 Å². The number of aliphatic imine (C=N–C) groups is 1. The Bertz CT molecular complexity index is 1700. The number of unbranched alkanes of at least 4 members (excludes halogenated alkanes) is 2. The molecule has 0 unspecified atom stereocenters. The van der Waals surface area contributed by atoms with Crippen LogP contribution in [0.25, 0.3) is 16.6 Å². The number of carbonyl (C=O) groups excluding carboxylic acids is 1. The zero-order valence-electron chi connectivity index (χ0n) is 23.9. The van der Waals surface area contributed by atoms with Crippen LogP contribution in [0, 0.1) is 6.92 Å². The van der Waals surface area contributed by atoms with Crippen LogP contribution >= 0.6 is 0 Å². The van der Waals surface area contributed by atoms with E-state index in [0.717, 1.165) is 50.1 Å². The van der Waals surface area contributed by atoms with Gasteiger partial charge in [-0.05, 0) is 81.5 Å². The summed E-state index contributed by atoms with van der Waals surface area (Å²) < 4.78 is 19.1. The van der Waals surface area contributed by atoms with Gasteiger partial charge in [0, 0.05) is 18.8 Å². The monoisotopic (exact) mass is 566 g/mol. The number of aryl methyl sites for hydroxylation is 1. The molecule has 2 aliphatic heterocycles. The van der Waals surface area contributed by atoms with Crippen LogP contribution in [0.2, 0.25) is 0 Å². The lowest BCUT2D eigenvalue weighted by Gasteiger charge is -2.20.